The number of halogens is 4. The van der Waals surface area contributed by atoms with Crippen molar-refractivity contribution in [2.75, 3.05) is 19.5 Å². The van der Waals surface area contributed by atoms with Gasteiger partial charge in [-0.25, -0.2) is 9.97 Å². The van der Waals surface area contributed by atoms with Crippen LogP contribution in [0.5, 0.6) is 11.5 Å². The summed E-state index contributed by atoms with van der Waals surface area (Å²) in [6, 6.07) is 8.12. The van der Waals surface area contributed by atoms with Gasteiger partial charge in [0.05, 0.1) is 25.3 Å². The van der Waals surface area contributed by atoms with E-state index in [1.165, 1.54) is 32.7 Å². The van der Waals surface area contributed by atoms with E-state index >= 15 is 0 Å². The van der Waals surface area contributed by atoms with Crippen LogP contribution in [0.15, 0.2) is 42.7 Å². The van der Waals surface area contributed by atoms with Gasteiger partial charge in [-0.3, -0.25) is 0 Å². The third kappa shape index (κ3) is 3.91. The first-order valence-electron chi connectivity index (χ1n) is 7.23. The molecule has 0 fully saturated rings. The number of nitrogens with zero attached hydrogens (tertiary/aromatic N) is 2. The molecule has 1 N–H and O–H groups in total. The van der Waals surface area contributed by atoms with E-state index in [-0.39, 0.29) is 12.4 Å². The molecule has 2 aromatic carbocycles. The molecular formula is C17H15ClF3N3O2. The number of ether oxygens (including phenoxy) is 2. The number of nitrogens with one attached hydrogen (secondary N) is 1. The SMILES string of the molecule is COc1cc2ncnc(Nc3ccc(C(F)(F)F)cc3)c2cc1OC.Cl. The van der Waals surface area contributed by atoms with Crippen molar-refractivity contribution >= 4 is 34.8 Å². The normalized spacial score (nSPS) is 11.0. The standard InChI is InChI=1S/C17H14F3N3O2.ClH/c1-24-14-7-12-13(8-15(14)25-2)21-9-22-16(12)23-11-5-3-10(4-6-11)17(18,19)20;/h3-9H,1-2H3,(H,21,22,23);1H. The Bertz CT molecular complexity index is 902. The fourth-order valence-electron chi connectivity index (χ4n) is 2.36. The summed E-state index contributed by atoms with van der Waals surface area (Å²) in [5.74, 6) is 1.47. The molecule has 5 nitrogen and oxygen atoms in total. The molecule has 0 aliphatic carbocycles. The number of rotatable bonds is 4. The maximum atomic E-state index is 12.6. The Morgan fingerprint density at radius 3 is 2.12 bits per heavy atom. The van der Waals surface area contributed by atoms with Gasteiger partial charge in [-0.05, 0) is 30.3 Å². The monoisotopic (exact) mass is 385 g/mol. The second-order valence-corrected chi connectivity index (χ2v) is 5.15. The highest BCUT2D eigenvalue weighted by atomic mass is 35.5. The largest absolute Gasteiger partial charge is 0.493 e. The van der Waals surface area contributed by atoms with Crippen LogP contribution in [-0.4, -0.2) is 24.2 Å². The van der Waals surface area contributed by atoms with Crippen LogP contribution < -0.4 is 14.8 Å². The van der Waals surface area contributed by atoms with Crippen molar-refractivity contribution in [3.63, 3.8) is 0 Å². The van der Waals surface area contributed by atoms with Crippen LogP contribution in [0, 0.1) is 0 Å². The van der Waals surface area contributed by atoms with E-state index in [0.717, 1.165) is 12.1 Å². The van der Waals surface area contributed by atoms with Gasteiger partial charge >= 0.3 is 6.18 Å². The maximum absolute atomic E-state index is 12.6. The Kier molecular flexibility index (Phi) is 5.76. The predicted molar refractivity (Wildman–Crippen MR) is 94.6 cm³/mol. The van der Waals surface area contributed by atoms with Crippen LogP contribution in [0.25, 0.3) is 10.9 Å². The third-order valence-electron chi connectivity index (χ3n) is 3.62. The minimum atomic E-state index is -4.37. The molecule has 3 rings (SSSR count). The Hall–Kier alpha value is -2.74. The first-order chi connectivity index (χ1) is 11.9. The fourth-order valence-corrected chi connectivity index (χ4v) is 2.36. The molecule has 0 bridgehead atoms. The molecule has 26 heavy (non-hydrogen) atoms. The molecule has 0 atom stereocenters. The highest BCUT2D eigenvalue weighted by Gasteiger charge is 2.29. The quantitative estimate of drug-likeness (QED) is 0.697. The molecule has 0 unspecified atom stereocenters. The van der Waals surface area contributed by atoms with Crippen molar-refractivity contribution < 1.29 is 22.6 Å². The highest BCUT2D eigenvalue weighted by molar-refractivity contribution is 5.93. The second kappa shape index (κ2) is 7.65. The molecule has 9 heteroatoms. The molecule has 0 saturated heterocycles. The molecule has 0 aliphatic rings. The molecule has 0 amide bonds. The van der Waals surface area contributed by atoms with Crippen molar-refractivity contribution in [1.82, 2.24) is 9.97 Å². The van der Waals surface area contributed by atoms with Crippen LogP contribution in [0.4, 0.5) is 24.7 Å². The molecule has 0 aliphatic heterocycles. The molecule has 0 saturated carbocycles. The van der Waals surface area contributed by atoms with Crippen LogP contribution in [0.1, 0.15) is 5.56 Å². The van der Waals surface area contributed by atoms with Gasteiger partial charge < -0.3 is 14.8 Å². The molecular weight excluding hydrogens is 371 g/mol. The molecule has 138 valence electrons. The summed E-state index contributed by atoms with van der Waals surface area (Å²) < 4.78 is 48.4. The zero-order valence-corrected chi connectivity index (χ0v) is 14.6. The number of benzene rings is 2. The van der Waals surface area contributed by atoms with Gasteiger partial charge in [0, 0.05) is 17.1 Å². The van der Waals surface area contributed by atoms with Gasteiger partial charge in [-0.1, -0.05) is 0 Å². The average Bonchev–Trinajstić information content (AvgIpc) is 2.60. The van der Waals surface area contributed by atoms with E-state index in [1.54, 1.807) is 12.1 Å². The number of hydrogen-bond acceptors (Lipinski definition) is 5. The number of anilines is 2. The highest BCUT2D eigenvalue weighted by Crippen LogP contribution is 2.35. The third-order valence-corrected chi connectivity index (χ3v) is 3.62. The maximum Gasteiger partial charge on any atom is 0.416 e. The topological polar surface area (TPSA) is 56.3 Å². The average molecular weight is 386 g/mol. The van der Waals surface area contributed by atoms with Crippen LogP contribution in [0.2, 0.25) is 0 Å². The lowest BCUT2D eigenvalue weighted by molar-refractivity contribution is -0.137. The van der Waals surface area contributed by atoms with Crippen LogP contribution in [-0.2, 0) is 6.18 Å². The summed E-state index contributed by atoms with van der Waals surface area (Å²) in [5.41, 5.74) is 0.377. The minimum Gasteiger partial charge on any atom is -0.493 e. The lowest BCUT2D eigenvalue weighted by atomic mass is 10.2. The Morgan fingerprint density at radius 2 is 1.54 bits per heavy atom. The lowest BCUT2D eigenvalue weighted by Gasteiger charge is -2.12. The number of alkyl halides is 3. The lowest BCUT2D eigenvalue weighted by Crippen LogP contribution is -2.04. The summed E-state index contributed by atoms with van der Waals surface area (Å²) in [6.45, 7) is 0. The number of aromatic nitrogens is 2. The van der Waals surface area contributed by atoms with Gasteiger partial charge in [-0.15, -0.1) is 12.4 Å². The van der Waals surface area contributed by atoms with Gasteiger partial charge in [0.25, 0.3) is 0 Å². The molecule has 1 heterocycles. The molecule has 0 spiro atoms. The van der Waals surface area contributed by atoms with Crippen LogP contribution >= 0.6 is 12.4 Å². The van der Waals surface area contributed by atoms with E-state index in [1.807, 2.05) is 0 Å². The van der Waals surface area contributed by atoms with Crippen molar-refractivity contribution in [2.45, 2.75) is 6.18 Å². The molecule has 3 aromatic rings. The summed E-state index contributed by atoms with van der Waals surface area (Å²) in [6.07, 6.45) is -3.01. The van der Waals surface area contributed by atoms with Crippen molar-refractivity contribution in [3.8, 4) is 11.5 Å². The first-order valence-corrected chi connectivity index (χ1v) is 7.23. The summed E-state index contributed by atoms with van der Waals surface area (Å²) in [7, 11) is 3.03. The van der Waals surface area contributed by atoms with E-state index in [4.69, 9.17) is 9.47 Å². The second-order valence-electron chi connectivity index (χ2n) is 5.15. The number of fused-ring (bicyclic) bond motifs is 1. The van der Waals surface area contributed by atoms with Crippen molar-refractivity contribution in [2.24, 2.45) is 0 Å². The van der Waals surface area contributed by atoms with E-state index in [0.29, 0.717) is 33.9 Å². The van der Waals surface area contributed by atoms with E-state index < -0.39 is 11.7 Å². The van der Waals surface area contributed by atoms with Gasteiger partial charge in [-0.2, -0.15) is 13.2 Å². The van der Waals surface area contributed by atoms with Crippen molar-refractivity contribution in [3.05, 3.63) is 48.3 Å². The Labute approximate surface area is 153 Å². The van der Waals surface area contributed by atoms with Crippen LogP contribution in [0.3, 0.4) is 0 Å². The molecule has 1 aromatic heterocycles. The first kappa shape index (κ1) is 19.6. The zero-order valence-electron chi connectivity index (χ0n) is 13.8. The summed E-state index contributed by atoms with van der Waals surface area (Å²) in [4.78, 5) is 8.34. The number of hydrogen-bond donors (Lipinski definition) is 1. The number of methoxy groups -OCH3 is 2. The van der Waals surface area contributed by atoms with E-state index in [9.17, 15) is 13.2 Å². The van der Waals surface area contributed by atoms with E-state index in [2.05, 4.69) is 15.3 Å². The van der Waals surface area contributed by atoms with Gasteiger partial charge in [0.1, 0.15) is 12.1 Å². The smallest absolute Gasteiger partial charge is 0.416 e. The van der Waals surface area contributed by atoms with Crippen molar-refractivity contribution in [1.29, 1.82) is 0 Å². The Balaban J connectivity index is 0.00000243. The van der Waals surface area contributed by atoms with Gasteiger partial charge in [0.2, 0.25) is 0 Å². The minimum absolute atomic E-state index is 0. The zero-order chi connectivity index (χ0) is 18.0. The fraction of sp³-hybridized carbons (Fsp3) is 0.176. The summed E-state index contributed by atoms with van der Waals surface area (Å²) in [5, 5.41) is 3.65. The molecule has 0 radical (unpaired) electrons. The van der Waals surface area contributed by atoms with Gasteiger partial charge in [0.15, 0.2) is 11.5 Å². The Morgan fingerprint density at radius 1 is 0.923 bits per heavy atom. The predicted octanol–water partition coefficient (Wildman–Crippen LogP) is 4.83. The summed E-state index contributed by atoms with van der Waals surface area (Å²) >= 11 is 0.